The Kier molecular flexibility index (Phi) is 3.81. The third-order valence-electron chi connectivity index (χ3n) is 2.49. The molecule has 102 valence electrons. The molecule has 1 aromatic carbocycles. The molecular formula is C11H13BrN4O2S. The molecule has 0 aliphatic heterocycles. The van der Waals surface area contributed by atoms with Crippen LogP contribution in [0.3, 0.4) is 0 Å². The molecule has 0 fully saturated rings. The van der Waals surface area contributed by atoms with Gasteiger partial charge in [-0.1, -0.05) is 0 Å². The lowest BCUT2D eigenvalue weighted by molar-refractivity contribution is 0.598. The highest BCUT2D eigenvalue weighted by atomic mass is 79.9. The number of aromatic nitrogens is 2. The fraction of sp³-hybridized carbons (Fsp3) is 0.182. The molecular weight excluding hydrogens is 332 g/mol. The van der Waals surface area contributed by atoms with Crippen LogP contribution in [0, 0.1) is 0 Å². The van der Waals surface area contributed by atoms with Gasteiger partial charge in [0.05, 0.1) is 12.0 Å². The Bertz CT molecular complexity index is 696. The third-order valence-corrected chi connectivity index (χ3v) is 4.39. The van der Waals surface area contributed by atoms with Crippen molar-refractivity contribution in [1.29, 1.82) is 0 Å². The summed E-state index contributed by atoms with van der Waals surface area (Å²) >= 11 is 3.26. The standard InChI is InChI=1S/C11H13BrN4O2S/c1-2-16-6-11(14-7-16)19(17,18)15-10-4-3-8(13)5-9(10)12/h3-7,15H,2,13H2,1H3. The van der Waals surface area contributed by atoms with Gasteiger partial charge in [0, 0.05) is 22.9 Å². The van der Waals surface area contributed by atoms with Crippen molar-refractivity contribution in [3.63, 3.8) is 0 Å². The van der Waals surface area contributed by atoms with E-state index in [1.165, 1.54) is 12.5 Å². The average molecular weight is 345 g/mol. The molecule has 0 radical (unpaired) electrons. The Balaban J connectivity index is 2.30. The number of rotatable bonds is 4. The molecule has 2 rings (SSSR count). The van der Waals surface area contributed by atoms with Crippen molar-refractivity contribution < 1.29 is 8.42 Å². The predicted octanol–water partition coefficient (Wildman–Crippen LogP) is 2.05. The average Bonchev–Trinajstić information content (AvgIpc) is 2.82. The second-order valence-electron chi connectivity index (χ2n) is 3.89. The molecule has 2 aromatic rings. The lowest BCUT2D eigenvalue weighted by Crippen LogP contribution is -2.13. The van der Waals surface area contributed by atoms with Gasteiger partial charge in [-0.3, -0.25) is 4.72 Å². The first kappa shape index (κ1) is 13.9. The Morgan fingerprint density at radius 2 is 2.21 bits per heavy atom. The molecule has 0 saturated carbocycles. The van der Waals surface area contributed by atoms with Crippen molar-refractivity contribution in [2.45, 2.75) is 18.5 Å². The summed E-state index contributed by atoms with van der Waals surface area (Å²) in [6.45, 7) is 2.57. The number of nitrogens with zero attached hydrogens (tertiary/aromatic N) is 2. The first-order valence-corrected chi connectivity index (χ1v) is 7.79. The molecule has 8 heteroatoms. The van der Waals surface area contributed by atoms with Crippen LogP contribution >= 0.6 is 15.9 Å². The van der Waals surface area contributed by atoms with Gasteiger partial charge in [0.1, 0.15) is 0 Å². The van der Waals surface area contributed by atoms with Crippen molar-refractivity contribution in [3.05, 3.63) is 35.2 Å². The molecule has 1 heterocycles. The number of nitrogen functional groups attached to an aromatic ring is 1. The minimum atomic E-state index is -3.69. The maximum atomic E-state index is 12.1. The van der Waals surface area contributed by atoms with Crippen LogP contribution in [0.25, 0.3) is 0 Å². The maximum Gasteiger partial charge on any atom is 0.280 e. The molecule has 0 amide bonds. The zero-order valence-electron chi connectivity index (χ0n) is 10.2. The Hall–Kier alpha value is -1.54. The fourth-order valence-corrected chi connectivity index (χ4v) is 3.12. The number of hydrogen-bond donors (Lipinski definition) is 2. The summed E-state index contributed by atoms with van der Waals surface area (Å²) < 4.78 is 29.0. The highest BCUT2D eigenvalue weighted by Gasteiger charge is 2.18. The smallest absolute Gasteiger partial charge is 0.280 e. The van der Waals surface area contributed by atoms with E-state index < -0.39 is 10.0 Å². The van der Waals surface area contributed by atoms with Crippen LogP contribution in [0.2, 0.25) is 0 Å². The van der Waals surface area contributed by atoms with Gasteiger partial charge in [0.2, 0.25) is 0 Å². The number of halogens is 1. The summed E-state index contributed by atoms with van der Waals surface area (Å²) in [5.74, 6) is 0. The van der Waals surface area contributed by atoms with Gasteiger partial charge in [0.15, 0.2) is 5.03 Å². The molecule has 6 nitrogen and oxygen atoms in total. The Morgan fingerprint density at radius 1 is 1.47 bits per heavy atom. The molecule has 0 spiro atoms. The van der Waals surface area contributed by atoms with Gasteiger partial charge in [-0.25, -0.2) is 4.98 Å². The van der Waals surface area contributed by atoms with E-state index in [9.17, 15) is 8.42 Å². The van der Waals surface area contributed by atoms with E-state index in [1.54, 1.807) is 22.8 Å². The quantitative estimate of drug-likeness (QED) is 0.830. The van der Waals surface area contributed by atoms with Gasteiger partial charge >= 0.3 is 0 Å². The number of sulfonamides is 1. The van der Waals surface area contributed by atoms with E-state index in [1.807, 2.05) is 6.92 Å². The molecule has 1 aromatic heterocycles. The van der Waals surface area contributed by atoms with Crippen LogP contribution in [0.15, 0.2) is 40.2 Å². The second kappa shape index (κ2) is 5.22. The SMILES string of the molecule is CCn1cnc(S(=O)(=O)Nc2ccc(N)cc2Br)c1. The lowest BCUT2D eigenvalue weighted by atomic mass is 10.3. The van der Waals surface area contributed by atoms with Crippen molar-refractivity contribution in [1.82, 2.24) is 9.55 Å². The lowest BCUT2D eigenvalue weighted by Gasteiger charge is -2.08. The minimum Gasteiger partial charge on any atom is -0.399 e. The largest absolute Gasteiger partial charge is 0.399 e. The summed E-state index contributed by atoms with van der Waals surface area (Å²) in [6.07, 6.45) is 2.96. The van der Waals surface area contributed by atoms with Crippen LogP contribution in [-0.4, -0.2) is 18.0 Å². The van der Waals surface area contributed by atoms with Crippen LogP contribution in [0.5, 0.6) is 0 Å². The number of imidazole rings is 1. The molecule has 0 saturated heterocycles. The summed E-state index contributed by atoms with van der Waals surface area (Å²) in [4.78, 5) is 3.87. The van der Waals surface area contributed by atoms with E-state index in [0.29, 0.717) is 22.4 Å². The van der Waals surface area contributed by atoms with Gasteiger partial charge in [0.25, 0.3) is 10.0 Å². The molecule has 3 N–H and O–H groups in total. The zero-order valence-corrected chi connectivity index (χ0v) is 12.6. The fourth-order valence-electron chi connectivity index (χ4n) is 1.46. The zero-order chi connectivity index (χ0) is 14.0. The number of benzene rings is 1. The van der Waals surface area contributed by atoms with Gasteiger partial charge in [-0.05, 0) is 41.1 Å². The molecule has 0 bridgehead atoms. The van der Waals surface area contributed by atoms with Crippen LogP contribution in [-0.2, 0) is 16.6 Å². The van der Waals surface area contributed by atoms with Crippen molar-refractivity contribution in [2.75, 3.05) is 10.5 Å². The predicted molar refractivity (Wildman–Crippen MR) is 77.3 cm³/mol. The summed E-state index contributed by atoms with van der Waals surface area (Å²) in [5, 5.41) is -0.0157. The molecule has 0 atom stereocenters. The van der Waals surface area contributed by atoms with Crippen LogP contribution in [0.1, 0.15) is 6.92 Å². The molecule has 0 aliphatic carbocycles. The second-order valence-corrected chi connectivity index (χ2v) is 6.37. The first-order valence-electron chi connectivity index (χ1n) is 5.52. The summed E-state index contributed by atoms with van der Waals surface area (Å²) in [5.41, 5.74) is 6.56. The normalized spacial score (nSPS) is 11.5. The number of nitrogens with two attached hydrogens (primary N) is 1. The van der Waals surface area contributed by atoms with Crippen LogP contribution < -0.4 is 10.5 Å². The van der Waals surface area contributed by atoms with Crippen molar-refractivity contribution >= 4 is 37.3 Å². The van der Waals surface area contributed by atoms with Gasteiger partial charge in [-0.2, -0.15) is 8.42 Å². The van der Waals surface area contributed by atoms with Gasteiger partial charge in [-0.15, -0.1) is 0 Å². The highest BCUT2D eigenvalue weighted by molar-refractivity contribution is 9.10. The topological polar surface area (TPSA) is 90.0 Å². The highest BCUT2D eigenvalue weighted by Crippen LogP contribution is 2.26. The van der Waals surface area contributed by atoms with E-state index >= 15 is 0 Å². The molecule has 0 aliphatic rings. The number of anilines is 2. The monoisotopic (exact) mass is 344 g/mol. The first-order chi connectivity index (χ1) is 8.92. The Labute approximate surface area is 119 Å². The van der Waals surface area contributed by atoms with E-state index in [-0.39, 0.29) is 5.03 Å². The van der Waals surface area contributed by atoms with E-state index in [0.717, 1.165) is 0 Å². The summed E-state index contributed by atoms with van der Waals surface area (Å²) in [6, 6.07) is 4.84. The van der Waals surface area contributed by atoms with Gasteiger partial charge < -0.3 is 10.3 Å². The Morgan fingerprint density at radius 3 is 2.79 bits per heavy atom. The van der Waals surface area contributed by atoms with Crippen molar-refractivity contribution in [2.24, 2.45) is 0 Å². The molecule has 19 heavy (non-hydrogen) atoms. The number of aryl methyl sites for hydroxylation is 1. The number of hydrogen-bond acceptors (Lipinski definition) is 4. The maximum absolute atomic E-state index is 12.1. The number of nitrogens with one attached hydrogen (secondary N) is 1. The minimum absolute atomic E-state index is 0.0157. The van der Waals surface area contributed by atoms with E-state index in [2.05, 4.69) is 25.6 Å². The van der Waals surface area contributed by atoms with Crippen LogP contribution in [0.4, 0.5) is 11.4 Å². The third kappa shape index (κ3) is 3.07. The molecule has 0 unspecified atom stereocenters. The summed E-state index contributed by atoms with van der Waals surface area (Å²) in [7, 11) is -3.69. The van der Waals surface area contributed by atoms with E-state index in [4.69, 9.17) is 5.73 Å². The van der Waals surface area contributed by atoms with Crippen molar-refractivity contribution in [3.8, 4) is 0 Å².